The van der Waals surface area contributed by atoms with Crippen LogP contribution in [0.3, 0.4) is 0 Å². The average Bonchev–Trinajstić information content (AvgIpc) is 3.05. The predicted octanol–water partition coefficient (Wildman–Crippen LogP) is 2.88. The summed E-state index contributed by atoms with van der Waals surface area (Å²) in [5.41, 5.74) is 0.566. The van der Waals surface area contributed by atoms with Gasteiger partial charge in [-0.15, -0.1) is 0 Å². The molecule has 1 amide bonds. The molecule has 1 aromatic carbocycles. The molecule has 124 valence electrons. The number of nitrogens with zero attached hydrogens (tertiary/aromatic N) is 1. The molecule has 0 bridgehead atoms. The second kappa shape index (κ2) is 5.80. The Kier molecular flexibility index (Phi) is 4.24. The van der Waals surface area contributed by atoms with Gasteiger partial charge in [-0.05, 0) is 52.7 Å². The van der Waals surface area contributed by atoms with Crippen LogP contribution in [-0.2, 0) is 9.31 Å². The van der Waals surface area contributed by atoms with Crippen molar-refractivity contribution in [1.82, 2.24) is 4.90 Å². The molecule has 0 aromatic heterocycles. The quantitative estimate of drug-likeness (QED) is 0.780. The van der Waals surface area contributed by atoms with E-state index in [1.54, 1.807) is 6.07 Å². The molecule has 0 N–H and O–H groups in total. The lowest BCUT2D eigenvalue weighted by Gasteiger charge is -2.32. The van der Waals surface area contributed by atoms with Crippen molar-refractivity contribution in [3.8, 4) is 0 Å². The second-order valence-electron chi connectivity index (χ2n) is 7.32. The highest BCUT2D eigenvalue weighted by Gasteiger charge is 2.52. The first kappa shape index (κ1) is 16.8. The molecule has 0 radical (unpaired) electrons. The van der Waals surface area contributed by atoms with Gasteiger partial charge in [0.15, 0.2) is 0 Å². The number of likely N-dealkylation sites (tertiary alicyclic amines) is 1. The number of carbonyl (C=O) groups excluding carboxylic acids is 1. The van der Waals surface area contributed by atoms with Gasteiger partial charge in [0.2, 0.25) is 0 Å². The Labute approximate surface area is 143 Å². The summed E-state index contributed by atoms with van der Waals surface area (Å²) in [5.74, 6) is 0.0462. The van der Waals surface area contributed by atoms with Gasteiger partial charge in [0.1, 0.15) is 0 Å². The van der Waals surface area contributed by atoms with Crippen molar-refractivity contribution in [2.75, 3.05) is 13.1 Å². The van der Waals surface area contributed by atoms with Gasteiger partial charge in [0, 0.05) is 29.1 Å². The molecule has 2 aliphatic rings. The molecule has 6 heteroatoms. The minimum atomic E-state index is -0.511. The Morgan fingerprint density at radius 2 is 1.70 bits per heavy atom. The topological polar surface area (TPSA) is 38.8 Å². The molecule has 2 aliphatic heterocycles. The summed E-state index contributed by atoms with van der Waals surface area (Å²) < 4.78 is 12.1. The number of rotatable bonds is 2. The Hall–Kier alpha value is -1.04. The normalized spacial score (nSPS) is 22.7. The van der Waals surface area contributed by atoms with Crippen LogP contribution in [0.5, 0.6) is 0 Å². The molecule has 2 heterocycles. The molecule has 2 saturated heterocycles. The zero-order valence-corrected chi connectivity index (χ0v) is 14.9. The maximum absolute atomic E-state index is 12.4. The van der Waals surface area contributed by atoms with E-state index < -0.39 is 18.3 Å². The molecular formula is C17H23BClNO3. The van der Waals surface area contributed by atoms with Crippen LogP contribution in [0.25, 0.3) is 0 Å². The largest absolute Gasteiger partial charge is 0.496 e. The van der Waals surface area contributed by atoms with E-state index >= 15 is 0 Å². The number of carbonyl (C=O) groups is 1. The van der Waals surface area contributed by atoms with Gasteiger partial charge in [-0.2, -0.15) is 0 Å². The van der Waals surface area contributed by atoms with Gasteiger partial charge in [-0.3, -0.25) is 4.79 Å². The van der Waals surface area contributed by atoms with Crippen LogP contribution in [0.15, 0.2) is 18.2 Å². The number of hydrogen-bond donors (Lipinski definition) is 0. The van der Waals surface area contributed by atoms with E-state index in [1.807, 2.05) is 44.7 Å². The lowest BCUT2D eigenvalue weighted by Crippen LogP contribution is -2.41. The smallest absolute Gasteiger partial charge is 0.399 e. The van der Waals surface area contributed by atoms with Crippen LogP contribution in [-0.4, -0.2) is 42.2 Å². The molecule has 23 heavy (non-hydrogen) atoms. The van der Waals surface area contributed by atoms with E-state index in [2.05, 4.69) is 0 Å². The Morgan fingerprint density at radius 1 is 1.13 bits per heavy atom. The third kappa shape index (κ3) is 3.02. The monoisotopic (exact) mass is 335 g/mol. The van der Waals surface area contributed by atoms with E-state index in [0.717, 1.165) is 31.4 Å². The van der Waals surface area contributed by atoms with Crippen molar-refractivity contribution in [1.29, 1.82) is 0 Å². The third-order valence-electron chi connectivity index (χ3n) is 5.15. The first-order chi connectivity index (χ1) is 10.7. The minimum Gasteiger partial charge on any atom is -0.399 e. The third-order valence-corrected chi connectivity index (χ3v) is 5.48. The van der Waals surface area contributed by atoms with Crippen LogP contribution in [0.4, 0.5) is 0 Å². The van der Waals surface area contributed by atoms with E-state index in [0.29, 0.717) is 10.6 Å². The maximum Gasteiger partial charge on any atom is 0.496 e. The highest BCUT2D eigenvalue weighted by molar-refractivity contribution is 6.65. The molecule has 0 atom stereocenters. The van der Waals surface area contributed by atoms with Gasteiger partial charge < -0.3 is 14.2 Å². The number of amides is 1. The number of hydrogen-bond acceptors (Lipinski definition) is 3. The number of halogens is 1. The zero-order chi connectivity index (χ0) is 16.8. The first-order valence-electron chi connectivity index (χ1n) is 8.16. The van der Waals surface area contributed by atoms with Crippen molar-refractivity contribution in [3.05, 3.63) is 28.8 Å². The van der Waals surface area contributed by atoms with E-state index in [1.165, 1.54) is 0 Å². The first-order valence-corrected chi connectivity index (χ1v) is 8.53. The summed E-state index contributed by atoms with van der Waals surface area (Å²) in [6.45, 7) is 9.68. The average molecular weight is 336 g/mol. The molecule has 0 saturated carbocycles. The van der Waals surface area contributed by atoms with Gasteiger partial charge in [-0.1, -0.05) is 17.7 Å². The highest BCUT2D eigenvalue weighted by Crippen LogP contribution is 2.37. The Bertz CT molecular complexity index is 610. The fourth-order valence-electron chi connectivity index (χ4n) is 2.92. The molecule has 3 rings (SSSR count). The molecule has 2 fully saturated rings. The molecule has 4 nitrogen and oxygen atoms in total. The summed E-state index contributed by atoms with van der Waals surface area (Å²) in [6, 6.07) is 5.38. The summed E-state index contributed by atoms with van der Waals surface area (Å²) in [5, 5.41) is 0.508. The Morgan fingerprint density at radius 3 is 2.22 bits per heavy atom. The molecule has 0 unspecified atom stereocenters. The summed E-state index contributed by atoms with van der Waals surface area (Å²) in [6.07, 6.45) is 2.15. The van der Waals surface area contributed by atoms with Crippen LogP contribution >= 0.6 is 11.6 Å². The van der Waals surface area contributed by atoms with E-state index in [9.17, 15) is 4.79 Å². The number of benzene rings is 1. The van der Waals surface area contributed by atoms with E-state index in [4.69, 9.17) is 20.9 Å². The van der Waals surface area contributed by atoms with Crippen LogP contribution in [0, 0.1) is 0 Å². The Balaban J connectivity index is 1.82. The van der Waals surface area contributed by atoms with Crippen LogP contribution in [0.2, 0.25) is 5.02 Å². The van der Waals surface area contributed by atoms with Gasteiger partial charge in [-0.25, -0.2) is 0 Å². The van der Waals surface area contributed by atoms with E-state index in [-0.39, 0.29) is 5.91 Å². The van der Waals surface area contributed by atoms with Gasteiger partial charge in [0.05, 0.1) is 11.2 Å². The van der Waals surface area contributed by atoms with Crippen molar-refractivity contribution < 1.29 is 14.1 Å². The van der Waals surface area contributed by atoms with Gasteiger partial charge >= 0.3 is 7.12 Å². The lowest BCUT2D eigenvalue weighted by molar-refractivity contribution is 0.00578. The van der Waals surface area contributed by atoms with Crippen molar-refractivity contribution in [2.24, 2.45) is 0 Å². The van der Waals surface area contributed by atoms with Gasteiger partial charge in [0.25, 0.3) is 5.91 Å². The summed E-state index contributed by atoms with van der Waals surface area (Å²) in [7, 11) is -0.511. The maximum atomic E-state index is 12.4. The second-order valence-corrected chi connectivity index (χ2v) is 7.73. The zero-order valence-electron chi connectivity index (χ0n) is 14.2. The molecule has 1 aromatic rings. The minimum absolute atomic E-state index is 0.0462. The molecular weight excluding hydrogens is 312 g/mol. The van der Waals surface area contributed by atoms with Crippen molar-refractivity contribution in [2.45, 2.75) is 51.7 Å². The highest BCUT2D eigenvalue weighted by atomic mass is 35.5. The predicted molar refractivity (Wildman–Crippen MR) is 92.3 cm³/mol. The fraction of sp³-hybridized carbons (Fsp3) is 0.588. The SMILES string of the molecule is CC1(C)OB(c2ccc(C(=O)N3CCCC3)cc2Cl)OC1(C)C. The fourth-order valence-corrected chi connectivity index (χ4v) is 3.19. The van der Waals surface area contributed by atoms with Crippen LogP contribution < -0.4 is 5.46 Å². The molecule has 0 aliphatic carbocycles. The van der Waals surface area contributed by atoms with Crippen molar-refractivity contribution in [3.63, 3.8) is 0 Å². The summed E-state index contributed by atoms with van der Waals surface area (Å²) in [4.78, 5) is 14.3. The molecule has 0 spiro atoms. The lowest BCUT2D eigenvalue weighted by atomic mass is 9.78. The standard InChI is InChI=1S/C17H23BClNO3/c1-16(2)17(3,4)23-18(22-16)13-8-7-12(11-14(13)19)15(21)20-9-5-6-10-20/h7-8,11H,5-6,9-10H2,1-4H3. The summed E-state index contributed by atoms with van der Waals surface area (Å²) >= 11 is 6.42. The van der Waals surface area contributed by atoms with Crippen molar-refractivity contribution >= 4 is 30.1 Å². The van der Waals surface area contributed by atoms with Crippen LogP contribution in [0.1, 0.15) is 50.9 Å².